The lowest BCUT2D eigenvalue weighted by atomic mass is 10.2. The lowest BCUT2D eigenvalue weighted by molar-refractivity contribution is 0.250. The lowest BCUT2D eigenvalue weighted by Crippen LogP contribution is -2.46. The van der Waals surface area contributed by atoms with Crippen LogP contribution in [0.25, 0.3) is 11.0 Å². The molecular weight excluding hydrogens is 324 g/mol. The van der Waals surface area contributed by atoms with Gasteiger partial charge in [0.15, 0.2) is 0 Å². The Balaban J connectivity index is 1.32. The molecule has 2 heterocycles. The maximum Gasteiger partial charge on any atom is 0.269 e. The minimum atomic E-state index is -0.0161. The van der Waals surface area contributed by atoms with E-state index in [1.54, 1.807) is 0 Å². The van der Waals surface area contributed by atoms with Gasteiger partial charge in [-0.05, 0) is 37.2 Å². The molecule has 134 valence electrons. The Morgan fingerprint density at radius 2 is 1.58 bits per heavy atom. The predicted octanol–water partition coefficient (Wildman–Crippen LogP) is 2.61. The van der Waals surface area contributed by atoms with Gasteiger partial charge in [-0.25, -0.2) is 4.98 Å². The largest absolute Gasteiger partial charge is 0.369 e. The smallest absolute Gasteiger partial charge is 0.269 e. The molecule has 4 rings (SSSR count). The Hall–Kier alpha value is -2.66. The normalized spacial score (nSPS) is 15.5. The van der Waals surface area contributed by atoms with E-state index >= 15 is 0 Å². The quantitative estimate of drug-likeness (QED) is 0.711. The van der Waals surface area contributed by atoms with Crippen molar-refractivity contribution in [2.45, 2.75) is 13.0 Å². The summed E-state index contributed by atoms with van der Waals surface area (Å²) in [6.07, 6.45) is 2.40. The minimum absolute atomic E-state index is 0.0161. The molecule has 0 radical (unpaired) electrons. The number of nitrogens with zero attached hydrogens (tertiary/aromatic N) is 4. The van der Waals surface area contributed by atoms with Crippen LogP contribution >= 0.6 is 0 Å². The molecule has 2 aromatic carbocycles. The molecule has 3 aromatic rings. The van der Waals surface area contributed by atoms with Crippen molar-refractivity contribution < 1.29 is 0 Å². The summed E-state index contributed by atoms with van der Waals surface area (Å²) in [5.74, 6) is 0. The zero-order chi connectivity index (χ0) is 17.8. The fourth-order valence-electron chi connectivity index (χ4n) is 3.67. The number of hydrogen-bond donors (Lipinski definition) is 0. The highest BCUT2D eigenvalue weighted by Gasteiger charge is 2.16. The van der Waals surface area contributed by atoms with Crippen LogP contribution < -0.4 is 10.5 Å². The first-order chi connectivity index (χ1) is 12.8. The summed E-state index contributed by atoms with van der Waals surface area (Å²) in [5, 5.41) is 0. The van der Waals surface area contributed by atoms with Crippen LogP contribution in [0.1, 0.15) is 6.42 Å². The molecule has 26 heavy (non-hydrogen) atoms. The first-order valence-corrected chi connectivity index (χ1v) is 9.28. The second kappa shape index (κ2) is 7.70. The van der Waals surface area contributed by atoms with Crippen LogP contribution in [0.4, 0.5) is 5.69 Å². The van der Waals surface area contributed by atoms with Crippen LogP contribution in [0.3, 0.4) is 0 Å². The van der Waals surface area contributed by atoms with Gasteiger partial charge in [-0.2, -0.15) is 0 Å². The molecular formula is C21H24N4O. The Morgan fingerprint density at radius 3 is 2.38 bits per heavy atom. The van der Waals surface area contributed by atoms with E-state index in [0.717, 1.165) is 56.7 Å². The minimum Gasteiger partial charge on any atom is -0.369 e. The molecule has 0 aliphatic carbocycles. The SMILES string of the molecule is O=c1cnc2ccccc2n1CCCN1CCN(c2ccccc2)CC1. The molecule has 1 aromatic heterocycles. The van der Waals surface area contributed by atoms with Crippen molar-refractivity contribution in [3.05, 3.63) is 71.1 Å². The number of piperazine rings is 1. The molecule has 1 aliphatic heterocycles. The van der Waals surface area contributed by atoms with E-state index in [9.17, 15) is 4.79 Å². The average molecular weight is 348 g/mol. The van der Waals surface area contributed by atoms with Crippen LogP contribution in [0.2, 0.25) is 0 Å². The van der Waals surface area contributed by atoms with E-state index in [1.165, 1.54) is 11.9 Å². The Kier molecular flexibility index (Phi) is 4.97. The number of rotatable bonds is 5. The van der Waals surface area contributed by atoms with E-state index in [2.05, 4.69) is 45.1 Å². The summed E-state index contributed by atoms with van der Waals surface area (Å²) in [6, 6.07) is 18.4. The van der Waals surface area contributed by atoms with Gasteiger partial charge in [-0.3, -0.25) is 9.69 Å². The molecule has 0 spiro atoms. The maximum absolute atomic E-state index is 12.2. The maximum atomic E-state index is 12.2. The third-order valence-electron chi connectivity index (χ3n) is 5.10. The Bertz CT molecular complexity index is 914. The summed E-state index contributed by atoms with van der Waals surface area (Å²) >= 11 is 0. The van der Waals surface area contributed by atoms with Gasteiger partial charge in [0.25, 0.3) is 5.56 Å². The van der Waals surface area contributed by atoms with E-state index in [1.807, 2.05) is 28.8 Å². The summed E-state index contributed by atoms with van der Waals surface area (Å²) in [4.78, 5) is 21.4. The molecule has 0 unspecified atom stereocenters. The summed E-state index contributed by atoms with van der Waals surface area (Å²) in [7, 11) is 0. The van der Waals surface area contributed by atoms with Crippen molar-refractivity contribution >= 4 is 16.7 Å². The fourth-order valence-corrected chi connectivity index (χ4v) is 3.67. The first-order valence-electron chi connectivity index (χ1n) is 9.28. The average Bonchev–Trinajstić information content (AvgIpc) is 2.71. The van der Waals surface area contributed by atoms with Gasteiger partial charge in [0, 0.05) is 38.4 Å². The number of para-hydroxylation sites is 3. The van der Waals surface area contributed by atoms with Gasteiger partial charge >= 0.3 is 0 Å². The number of aromatic nitrogens is 2. The predicted molar refractivity (Wildman–Crippen MR) is 106 cm³/mol. The van der Waals surface area contributed by atoms with Crippen molar-refractivity contribution in [2.24, 2.45) is 0 Å². The van der Waals surface area contributed by atoms with E-state index < -0.39 is 0 Å². The molecule has 1 aliphatic rings. The van der Waals surface area contributed by atoms with Crippen molar-refractivity contribution in [3.63, 3.8) is 0 Å². The van der Waals surface area contributed by atoms with Gasteiger partial charge in [0.1, 0.15) is 0 Å². The second-order valence-electron chi connectivity index (χ2n) is 6.75. The molecule has 0 N–H and O–H groups in total. The molecule has 0 saturated carbocycles. The van der Waals surface area contributed by atoms with E-state index in [4.69, 9.17) is 0 Å². The van der Waals surface area contributed by atoms with Crippen molar-refractivity contribution in [1.29, 1.82) is 0 Å². The highest BCUT2D eigenvalue weighted by molar-refractivity contribution is 5.74. The van der Waals surface area contributed by atoms with Crippen molar-refractivity contribution in [1.82, 2.24) is 14.5 Å². The van der Waals surface area contributed by atoms with Crippen LogP contribution in [0, 0.1) is 0 Å². The van der Waals surface area contributed by atoms with Crippen LogP contribution in [-0.2, 0) is 6.54 Å². The van der Waals surface area contributed by atoms with E-state index in [0.29, 0.717) is 0 Å². The number of benzene rings is 2. The third-order valence-corrected chi connectivity index (χ3v) is 5.10. The van der Waals surface area contributed by atoms with Crippen LogP contribution in [0.5, 0.6) is 0 Å². The molecule has 5 heteroatoms. The van der Waals surface area contributed by atoms with Crippen molar-refractivity contribution in [3.8, 4) is 0 Å². The van der Waals surface area contributed by atoms with E-state index in [-0.39, 0.29) is 5.56 Å². The van der Waals surface area contributed by atoms with Gasteiger partial charge in [0.2, 0.25) is 0 Å². The molecule has 1 fully saturated rings. The number of hydrogen-bond acceptors (Lipinski definition) is 4. The molecule has 5 nitrogen and oxygen atoms in total. The van der Waals surface area contributed by atoms with Crippen molar-refractivity contribution in [2.75, 3.05) is 37.6 Å². The topological polar surface area (TPSA) is 41.4 Å². The van der Waals surface area contributed by atoms with Crippen LogP contribution in [-0.4, -0.2) is 47.2 Å². The highest BCUT2D eigenvalue weighted by Crippen LogP contribution is 2.16. The van der Waals surface area contributed by atoms with Gasteiger partial charge in [-0.1, -0.05) is 30.3 Å². The Morgan fingerprint density at radius 1 is 0.846 bits per heavy atom. The van der Waals surface area contributed by atoms with Crippen LogP contribution in [0.15, 0.2) is 65.6 Å². The number of aryl methyl sites for hydroxylation is 1. The number of fused-ring (bicyclic) bond motifs is 1. The third kappa shape index (κ3) is 3.63. The zero-order valence-electron chi connectivity index (χ0n) is 14.9. The lowest BCUT2D eigenvalue weighted by Gasteiger charge is -2.36. The molecule has 0 atom stereocenters. The zero-order valence-corrected chi connectivity index (χ0v) is 14.9. The molecule has 1 saturated heterocycles. The van der Waals surface area contributed by atoms with Gasteiger partial charge < -0.3 is 9.47 Å². The Labute approximate surface area is 153 Å². The highest BCUT2D eigenvalue weighted by atomic mass is 16.1. The van der Waals surface area contributed by atoms with Gasteiger partial charge in [0.05, 0.1) is 17.2 Å². The molecule has 0 amide bonds. The second-order valence-corrected chi connectivity index (χ2v) is 6.75. The summed E-state index contributed by atoms with van der Waals surface area (Å²) in [5.41, 5.74) is 3.09. The standard InChI is InChI=1S/C21H24N4O/c26-21-17-22-19-9-4-5-10-20(19)25(21)12-6-11-23-13-15-24(16-14-23)18-7-2-1-3-8-18/h1-5,7-10,17H,6,11-16H2. The summed E-state index contributed by atoms with van der Waals surface area (Å²) < 4.78 is 1.85. The number of anilines is 1. The molecule has 0 bridgehead atoms. The monoisotopic (exact) mass is 348 g/mol. The first kappa shape index (κ1) is 16.8. The fraction of sp³-hybridized carbons (Fsp3) is 0.333. The van der Waals surface area contributed by atoms with Gasteiger partial charge in [-0.15, -0.1) is 0 Å². The summed E-state index contributed by atoms with van der Waals surface area (Å²) in [6.45, 7) is 6.01.